The van der Waals surface area contributed by atoms with Gasteiger partial charge in [-0.15, -0.1) is 12.3 Å². The van der Waals surface area contributed by atoms with Crippen molar-refractivity contribution in [1.82, 2.24) is 0 Å². The standard InChI is InChI=1S/C12H20O2/c1-2-3-4-5-6-7-8-9-12-13-10-11-14-12/h1,12H,3-11H2. The van der Waals surface area contributed by atoms with Gasteiger partial charge in [-0.25, -0.2) is 0 Å². The Morgan fingerprint density at radius 3 is 2.36 bits per heavy atom. The van der Waals surface area contributed by atoms with Crippen molar-refractivity contribution >= 4 is 0 Å². The summed E-state index contributed by atoms with van der Waals surface area (Å²) in [4.78, 5) is 0. The molecule has 0 unspecified atom stereocenters. The molecule has 1 fully saturated rings. The molecule has 0 radical (unpaired) electrons. The van der Waals surface area contributed by atoms with Crippen LogP contribution in [-0.2, 0) is 9.47 Å². The maximum atomic E-state index is 5.35. The van der Waals surface area contributed by atoms with Crippen LogP contribution in [0.5, 0.6) is 0 Å². The zero-order chi connectivity index (χ0) is 10.1. The van der Waals surface area contributed by atoms with E-state index in [1.807, 2.05) is 0 Å². The van der Waals surface area contributed by atoms with Crippen LogP contribution in [0.1, 0.15) is 44.9 Å². The summed E-state index contributed by atoms with van der Waals surface area (Å²) < 4.78 is 10.7. The van der Waals surface area contributed by atoms with Gasteiger partial charge >= 0.3 is 0 Å². The van der Waals surface area contributed by atoms with Crippen molar-refractivity contribution in [3.05, 3.63) is 0 Å². The molecular formula is C12H20O2. The molecule has 2 heteroatoms. The average molecular weight is 196 g/mol. The van der Waals surface area contributed by atoms with Crippen LogP contribution >= 0.6 is 0 Å². The summed E-state index contributed by atoms with van der Waals surface area (Å²) in [5.74, 6) is 2.66. The van der Waals surface area contributed by atoms with Crippen LogP contribution < -0.4 is 0 Å². The van der Waals surface area contributed by atoms with E-state index in [-0.39, 0.29) is 6.29 Å². The van der Waals surface area contributed by atoms with E-state index < -0.39 is 0 Å². The minimum absolute atomic E-state index is 0.0840. The predicted molar refractivity (Wildman–Crippen MR) is 56.8 cm³/mol. The molecule has 0 aromatic carbocycles. The summed E-state index contributed by atoms with van der Waals surface area (Å²) in [5, 5.41) is 0. The van der Waals surface area contributed by atoms with E-state index in [1.54, 1.807) is 0 Å². The molecule has 0 aromatic rings. The number of hydrogen-bond donors (Lipinski definition) is 0. The molecule has 1 aliphatic heterocycles. The molecule has 0 saturated carbocycles. The molecule has 2 nitrogen and oxygen atoms in total. The number of terminal acetylenes is 1. The van der Waals surface area contributed by atoms with Gasteiger partial charge in [-0.1, -0.05) is 19.3 Å². The molecule has 1 heterocycles. The topological polar surface area (TPSA) is 18.5 Å². The van der Waals surface area contributed by atoms with E-state index in [2.05, 4.69) is 5.92 Å². The molecule has 14 heavy (non-hydrogen) atoms. The van der Waals surface area contributed by atoms with E-state index in [0.29, 0.717) is 0 Å². The Kier molecular flexibility index (Phi) is 6.47. The van der Waals surface area contributed by atoms with Gasteiger partial charge in [0.1, 0.15) is 0 Å². The third kappa shape index (κ3) is 5.26. The first-order chi connectivity index (χ1) is 6.93. The summed E-state index contributed by atoms with van der Waals surface area (Å²) in [6.45, 7) is 1.54. The van der Waals surface area contributed by atoms with Crippen LogP contribution in [-0.4, -0.2) is 19.5 Å². The largest absolute Gasteiger partial charge is 0.350 e. The third-order valence-electron chi connectivity index (χ3n) is 2.45. The zero-order valence-corrected chi connectivity index (χ0v) is 8.84. The highest BCUT2D eigenvalue weighted by atomic mass is 16.7. The number of hydrogen-bond acceptors (Lipinski definition) is 2. The Labute approximate surface area is 87.0 Å². The first-order valence-corrected chi connectivity index (χ1v) is 5.60. The van der Waals surface area contributed by atoms with Gasteiger partial charge in [0.2, 0.25) is 0 Å². The predicted octanol–water partition coefficient (Wildman–Crippen LogP) is 2.72. The highest BCUT2D eigenvalue weighted by Crippen LogP contribution is 2.13. The maximum Gasteiger partial charge on any atom is 0.157 e. The molecule has 0 spiro atoms. The Bertz CT molecular complexity index is 166. The second kappa shape index (κ2) is 7.84. The zero-order valence-electron chi connectivity index (χ0n) is 8.84. The lowest BCUT2D eigenvalue weighted by molar-refractivity contribution is -0.0480. The van der Waals surface area contributed by atoms with Crippen molar-refractivity contribution in [2.24, 2.45) is 0 Å². The van der Waals surface area contributed by atoms with Crippen LogP contribution in [0.2, 0.25) is 0 Å². The second-order valence-electron chi connectivity index (χ2n) is 3.68. The van der Waals surface area contributed by atoms with Gasteiger partial charge in [-0.2, -0.15) is 0 Å². The number of unbranched alkanes of at least 4 members (excludes halogenated alkanes) is 5. The lowest BCUT2D eigenvalue weighted by Gasteiger charge is -2.07. The molecule has 1 rings (SSSR count). The van der Waals surface area contributed by atoms with Crippen LogP contribution in [0.3, 0.4) is 0 Å². The van der Waals surface area contributed by atoms with Gasteiger partial charge < -0.3 is 9.47 Å². The van der Waals surface area contributed by atoms with Crippen LogP contribution in [0, 0.1) is 12.3 Å². The number of rotatable bonds is 7. The summed E-state index contributed by atoms with van der Waals surface area (Å²) in [7, 11) is 0. The Morgan fingerprint density at radius 2 is 1.64 bits per heavy atom. The lowest BCUT2D eigenvalue weighted by atomic mass is 10.1. The Hall–Kier alpha value is -0.520. The van der Waals surface area contributed by atoms with Gasteiger partial charge in [0.15, 0.2) is 6.29 Å². The van der Waals surface area contributed by atoms with Gasteiger partial charge in [0.05, 0.1) is 13.2 Å². The first kappa shape index (κ1) is 11.6. The molecule has 0 atom stereocenters. The van der Waals surface area contributed by atoms with Crippen molar-refractivity contribution in [3.63, 3.8) is 0 Å². The molecule has 0 amide bonds. The Morgan fingerprint density at radius 1 is 1.00 bits per heavy atom. The highest BCUT2D eigenvalue weighted by molar-refractivity contribution is 4.82. The fourth-order valence-electron chi connectivity index (χ4n) is 1.64. The lowest BCUT2D eigenvalue weighted by Crippen LogP contribution is -2.06. The third-order valence-corrected chi connectivity index (χ3v) is 2.45. The molecule has 80 valence electrons. The SMILES string of the molecule is C#CCCCCCCCC1OCCO1. The highest BCUT2D eigenvalue weighted by Gasteiger charge is 2.14. The molecular weight excluding hydrogens is 176 g/mol. The van der Waals surface area contributed by atoms with Gasteiger partial charge in [0.25, 0.3) is 0 Å². The van der Waals surface area contributed by atoms with Gasteiger partial charge in [0, 0.05) is 6.42 Å². The van der Waals surface area contributed by atoms with E-state index in [9.17, 15) is 0 Å². The summed E-state index contributed by atoms with van der Waals surface area (Å²) in [5.41, 5.74) is 0. The fourth-order valence-corrected chi connectivity index (χ4v) is 1.64. The van der Waals surface area contributed by atoms with E-state index in [4.69, 9.17) is 15.9 Å². The van der Waals surface area contributed by atoms with E-state index in [1.165, 1.54) is 32.1 Å². The minimum atomic E-state index is 0.0840. The fraction of sp³-hybridized carbons (Fsp3) is 0.833. The van der Waals surface area contributed by atoms with E-state index in [0.717, 1.165) is 26.1 Å². The summed E-state index contributed by atoms with van der Waals surface area (Å²) in [6.07, 6.45) is 13.4. The van der Waals surface area contributed by atoms with Gasteiger partial charge in [-0.3, -0.25) is 0 Å². The maximum absolute atomic E-state index is 5.35. The Balaban J connectivity index is 1.78. The smallest absolute Gasteiger partial charge is 0.157 e. The summed E-state index contributed by atoms with van der Waals surface area (Å²) >= 11 is 0. The summed E-state index contributed by atoms with van der Waals surface area (Å²) in [6, 6.07) is 0. The average Bonchev–Trinajstić information content (AvgIpc) is 2.69. The molecule has 0 aromatic heterocycles. The van der Waals surface area contributed by atoms with Crippen LogP contribution in [0.25, 0.3) is 0 Å². The molecule has 1 saturated heterocycles. The van der Waals surface area contributed by atoms with Crippen LogP contribution in [0.4, 0.5) is 0 Å². The normalized spacial score (nSPS) is 17.1. The molecule has 0 aliphatic carbocycles. The van der Waals surface area contributed by atoms with Crippen molar-refractivity contribution in [2.45, 2.75) is 51.2 Å². The molecule has 0 N–H and O–H groups in total. The first-order valence-electron chi connectivity index (χ1n) is 5.60. The molecule has 1 aliphatic rings. The van der Waals surface area contributed by atoms with Crippen molar-refractivity contribution in [2.75, 3.05) is 13.2 Å². The van der Waals surface area contributed by atoms with Crippen LogP contribution in [0.15, 0.2) is 0 Å². The monoisotopic (exact) mass is 196 g/mol. The molecule has 0 bridgehead atoms. The van der Waals surface area contributed by atoms with Gasteiger partial charge in [-0.05, 0) is 19.3 Å². The van der Waals surface area contributed by atoms with Crippen molar-refractivity contribution in [3.8, 4) is 12.3 Å². The van der Waals surface area contributed by atoms with Crippen molar-refractivity contribution < 1.29 is 9.47 Å². The van der Waals surface area contributed by atoms with E-state index >= 15 is 0 Å². The minimum Gasteiger partial charge on any atom is -0.350 e. The quantitative estimate of drug-likeness (QED) is 0.460. The van der Waals surface area contributed by atoms with Crippen molar-refractivity contribution in [1.29, 1.82) is 0 Å². The second-order valence-corrected chi connectivity index (χ2v) is 3.68. The number of ether oxygens (including phenoxy) is 2.